The summed E-state index contributed by atoms with van der Waals surface area (Å²) in [5.41, 5.74) is 2.02. The molecular weight excluding hydrogens is 317 g/mol. The number of non-ortho nitro benzene ring substituents is 1. The number of nitro benzene ring substituents is 1. The van der Waals surface area contributed by atoms with Crippen LogP contribution in [-0.2, 0) is 13.6 Å². The van der Waals surface area contributed by atoms with Crippen molar-refractivity contribution in [3.05, 3.63) is 69.8 Å². The summed E-state index contributed by atoms with van der Waals surface area (Å²) in [6, 6.07) is 13.3. The Bertz CT molecular complexity index is 757. The third kappa shape index (κ3) is 3.34. The molecular formula is C16H16NO5P. The van der Waals surface area contributed by atoms with Crippen LogP contribution in [-0.4, -0.2) is 11.5 Å². The minimum atomic E-state index is -3.47. The molecule has 1 fully saturated rings. The van der Waals surface area contributed by atoms with Crippen LogP contribution in [0.25, 0.3) is 0 Å². The smallest absolute Gasteiger partial charge is 0.305 e. The van der Waals surface area contributed by atoms with E-state index in [1.54, 1.807) is 0 Å². The van der Waals surface area contributed by atoms with Crippen molar-refractivity contribution in [2.24, 2.45) is 0 Å². The fourth-order valence-electron chi connectivity index (χ4n) is 2.43. The van der Waals surface area contributed by atoms with Crippen molar-refractivity contribution in [3.63, 3.8) is 0 Å². The average Bonchev–Trinajstić information content (AvgIpc) is 2.55. The van der Waals surface area contributed by atoms with Crippen molar-refractivity contribution >= 4 is 18.6 Å². The van der Waals surface area contributed by atoms with Crippen LogP contribution in [0.4, 0.5) is 5.69 Å². The molecule has 2 atom stereocenters. The van der Waals surface area contributed by atoms with Crippen LogP contribution in [0.15, 0.2) is 48.5 Å². The molecule has 0 N–H and O–H groups in total. The van der Waals surface area contributed by atoms with Gasteiger partial charge in [-0.15, -0.1) is 0 Å². The molecule has 1 heterocycles. The average molecular weight is 333 g/mol. The van der Waals surface area contributed by atoms with Gasteiger partial charge in [0.1, 0.15) is 0 Å². The van der Waals surface area contributed by atoms with E-state index in [-0.39, 0.29) is 11.8 Å². The van der Waals surface area contributed by atoms with Gasteiger partial charge in [0, 0.05) is 18.6 Å². The highest BCUT2D eigenvalue weighted by atomic mass is 31.2. The number of nitro groups is 1. The first-order valence-corrected chi connectivity index (χ1v) is 8.77. The molecule has 2 aromatic carbocycles. The molecule has 120 valence electrons. The van der Waals surface area contributed by atoms with Gasteiger partial charge in [-0.25, -0.2) is 0 Å². The Balaban J connectivity index is 1.85. The summed E-state index contributed by atoms with van der Waals surface area (Å²) < 4.78 is 24.1. The molecule has 1 aliphatic rings. The molecule has 0 amide bonds. The topological polar surface area (TPSA) is 78.7 Å². The molecule has 0 aromatic heterocycles. The Morgan fingerprint density at radius 2 is 1.78 bits per heavy atom. The molecule has 0 spiro atoms. The van der Waals surface area contributed by atoms with Crippen LogP contribution >= 0.6 is 7.60 Å². The molecule has 6 nitrogen and oxygen atoms in total. The van der Waals surface area contributed by atoms with Crippen molar-refractivity contribution in [2.45, 2.75) is 19.4 Å². The quantitative estimate of drug-likeness (QED) is 0.483. The third-order valence-electron chi connectivity index (χ3n) is 3.73. The van der Waals surface area contributed by atoms with Gasteiger partial charge in [0.25, 0.3) is 5.69 Å². The van der Waals surface area contributed by atoms with Gasteiger partial charge in [-0.3, -0.25) is 19.2 Å². The fourth-order valence-corrected chi connectivity index (χ4v) is 4.19. The Hall–Kier alpha value is -2.01. The van der Waals surface area contributed by atoms with Gasteiger partial charge < -0.3 is 4.52 Å². The van der Waals surface area contributed by atoms with Crippen molar-refractivity contribution < 1.29 is 18.5 Å². The van der Waals surface area contributed by atoms with Gasteiger partial charge in [-0.1, -0.05) is 29.8 Å². The van der Waals surface area contributed by atoms with Gasteiger partial charge in [0.15, 0.2) is 0 Å². The first-order valence-electron chi connectivity index (χ1n) is 7.22. The maximum absolute atomic E-state index is 13.0. The molecule has 1 aliphatic heterocycles. The molecule has 0 radical (unpaired) electrons. The predicted molar refractivity (Wildman–Crippen MR) is 85.9 cm³/mol. The number of hydrogen-bond acceptors (Lipinski definition) is 5. The summed E-state index contributed by atoms with van der Waals surface area (Å²) in [5, 5.41) is 11.0. The predicted octanol–water partition coefficient (Wildman–Crippen LogP) is 3.90. The minimum absolute atomic E-state index is 0.0626. The second-order valence-electron chi connectivity index (χ2n) is 5.40. The lowest BCUT2D eigenvalue weighted by molar-refractivity contribution is -0.384. The van der Waals surface area contributed by atoms with Crippen molar-refractivity contribution in [1.82, 2.24) is 0 Å². The lowest BCUT2D eigenvalue weighted by Gasteiger charge is -2.30. The van der Waals surface area contributed by atoms with Crippen LogP contribution in [0.3, 0.4) is 0 Å². The van der Waals surface area contributed by atoms with Crippen LogP contribution < -0.4 is 5.30 Å². The zero-order chi connectivity index (χ0) is 16.4. The van der Waals surface area contributed by atoms with Crippen molar-refractivity contribution in [3.8, 4) is 0 Å². The summed E-state index contributed by atoms with van der Waals surface area (Å²) in [6.45, 7) is 2.31. The molecule has 0 aliphatic carbocycles. The molecule has 3 rings (SSSR count). The van der Waals surface area contributed by atoms with Crippen LogP contribution in [0.1, 0.15) is 23.7 Å². The zero-order valence-electron chi connectivity index (χ0n) is 12.5. The van der Waals surface area contributed by atoms with Gasteiger partial charge >= 0.3 is 7.60 Å². The summed E-state index contributed by atoms with van der Waals surface area (Å²) in [5.74, 6) is 0. The van der Waals surface area contributed by atoms with E-state index in [0.717, 1.165) is 11.1 Å². The minimum Gasteiger partial charge on any atom is -0.305 e. The van der Waals surface area contributed by atoms with E-state index in [2.05, 4.69) is 0 Å². The molecule has 2 aromatic rings. The molecule has 23 heavy (non-hydrogen) atoms. The molecule has 1 saturated heterocycles. The normalized spacial score (nSPS) is 24.3. The molecule has 7 heteroatoms. The Morgan fingerprint density at radius 1 is 1.13 bits per heavy atom. The van der Waals surface area contributed by atoms with Crippen LogP contribution in [0.2, 0.25) is 0 Å². The SMILES string of the molecule is Cc1ccc(C2CCOP(=O)(c3ccc([N+](=O)[O-])cc3)O2)cc1. The highest BCUT2D eigenvalue weighted by Crippen LogP contribution is 2.55. The third-order valence-corrected chi connectivity index (χ3v) is 5.72. The highest BCUT2D eigenvalue weighted by molar-refractivity contribution is 7.62. The summed E-state index contributed by atoms with van der Waals surface area (Å²) >= 11 is 0. The maximum atomic E-state index is 13.0. The second-order valence-corrected chi connectivity index (χ2v) is 7.38. The maximum Gasteiger partial charge on any atom is 0.361 e. The first-order chi connectivity index (χ1) is 11.0. The van der Waals surface area contributed by atoms with E-state index in [0.29, 0.717) is 18.3 Å². The van der Waals surface area contributed by atoms with Crippen molar-refractivity contribution in [2.75, 3.05) is 6.61 Å². The van der Waals surface area contributed by atoms with Crippen LogP contribution in [0, 0.1) is 17.0 Å². The van der Waals surface area contributed by atoms with E-state index in [9.17, 15) is 14.7 Å². The monoisotopic (exact) mass is 333 g/mol. The number of rotatable bonds is 3. The second kappa shape index (κ2) is 6.24. The molecule has 2 unspecified atom stereocenters. The van der Waals surface area contributed by atoms with Gasteiger partial charge in [0.2, 0.25) is 0 Å². The fraction of sp³-hybridized carbons (Fsp3) is 0.250. The Kier molecular flexibility index (Phi) is 4.31. The van der Waals surface area contributed by atoms with E-state index < -0.39 is 12.5 Å². The van der Waals surface area contributed by atoms with Gasteiger partial charge in [-0.05, 0) is 24.6 Å². The Morgan fingerprint density at radius 3 is 2.39 bits per heavy atom. The van der Waals surface area contributed by atoms with E-state index >= 15 is 0 Å². The number of benzene rings is 2. The first kappa shape index (κ1) is 15.9. The lowest BCUT2D eigenvalue weighted by Crippen LogP contribution is -2.20. The van der Waals surface area contributed by atoms with E-state index in [1.165, 1.54) is 24.3 Å². The van der Waals surface area contributed by atoms with Gasteiger partial charge in [-0.2, -0.15) is 0 Å². The summed E-state index contributed by atoms with van der Waals surface area (Å²) in [6.07, 6.45) is 0.297. The lowest BCUT2D eigenvalue weighted by atomic mass is 10.1. The molecule has 0 saturated carbocycles. The van der Waals surface area contributed by atoms with E-state index in [1.807, 2.05) is 31.2 Å². The zero-order valence-corrected chi connectivity index (χ0v) is 13.4. The highest BCUT2D eigenvalue weighted by Gasteiger charge is 2.36. The summed E-state index contributed by atoms with van der Waals surface area (Å²) in [7, 11) is -3.47. The number of hydrogen-bond donors (Lipinski definition) is 0. The van der Waals surface area contributed by atoms with E-state index in [4.69, 9.17) is 9.05 Å². The van der Waals surface area contributed by atoms with Gasteiger partial charge in [0.05, 0.1) is 22.9 Å². The largest absolute Gasteiger partial charge is 0.361 e. The summed E-state index contributed by atoms with van der Waals surface area (Å²) in [4.78, 5) is 10.2. The van der Waals surface area contributed by atoms with Crippen molar-refractivity contribution in [1.29, 1.82) is 0 Å². The number of nitrogens with zero attached hydrogens (tertiary/aromatic N) is 1. The van der Waals surface area contributed by atoms with Crippen LogP contribution in [0.5, 0.6) is 0 Å². The standard InChI is InChI=1S/C16H16NO5P/c1-12-2-4-13(5-3-12)16-10-11-21-23(20,22-16)15-8-6-14(7-9-15)17(18)19/h2-9,16H,10-11H2,1H3. The Labute approximate surface area is 133 Å². The molecule has 0 bridgehead atoms. The number of aryl methyl sites for hydroxylation is 1.